The van der Waals surface area contributed by atoms with Crippen molar-refractivity contribution in [3.8, 4) is 0 Å². The molecular formula is C12H9Cl3N2O. The first-order chi connectivity index (χ1) is 8.56. The molecule has 0 N–H and O–H groups in total. The average Bonchev–Trinajstić information content (AvgIpc) is 2.70. The predicted octanol–water partition coefficient (Wildman–Crippen LogP) is 4.09. The monoisotopic (exact) mass is 302 g/mol. The molecule has 1 aromatic carbocycles. The lowest BCUT2D eigenvalue weighted by molar-refractivity contribution is 0.102. The minimum Gasteiger partial charge on any atom is -0.287 e. The summed E-state index contributed by atoms with van der Waals surface area (Å²) in [5, 5.41) is 4.90. The van der Waals surface area contributed by atoms with Crippen molar-refractivity contribution in [3.63, 3.8) is 0 Å². The second-order valence-corrected chi connectivity index (χ2v) is 4.80. The summed E-state index contributed by atoms with van der Waals surface area (Å²) < 4.78 is 1.52. The second kappa shape index (κ2) is 5.31. The van der Waals surface area contributed by atoms with E-state index in [0.717, 1.165) is 0 Å². The molecule has 0 fully saturated rings. The Morgan fingerprint density at radius 2 is 1.83 bits per heavy atom. The molecule has 1 aromatic heterocycles. The van der Waals surface area contributed by atoms with Crippen LogP contribution >= 0.6 is 34.8 Å². The largest absolute Gasteiger partial charge is 0.287 e. The van der Waals surface area contributed by atoms with E-state index < -0.39 is 0 Å². The van der Waals surface area contributed by atoms with Crippen molar-refractivity contribution in [1.29, 1.82) is 0 Å². The van der Waals surface area contributed by atoms with Crippen LogP contribution in [0, 0.1) is 0 Å². The third kappa shape index (κ3) is 2.26. The predicted molar refractivity (Wildman–Crippen MR) is 72.8 cm³/mol. The van der Waals surface area contributed by atoms with E-state index in [9.17, 15) is 4.79 Å². The molecule has 0 radical (unpaired) electrons. The van der Waals surface area contributed by atoms with E-state index in [-0.39, 0.29) is 16.4 Å². The van der Waals surface area contributed by atoms with Gasteiger partial charge in [0.25, 0.3) is 0 Å². The summed E-state index contributed by atoms with van der Waals surface area (Å²) in [6.45, 7) is 2.41. The fraction of sp³-hybridized carbons (Fsp3) is 0.167. The molecule has 0 saturated carbocycles. The van der Waals surface area contributed by atoms with Gasteiger partial charge in [-0.2, -0.15) is 5.10 Å². The van der Waals surface area contributed by atoms with Gasteiger partial charge in [0.2, 0.25) is 5.78 Å². The quantitative estimate of drug-likeness (QED) is 0.800. The molecule has 6 heteroatoms. The van der Waals surface area contributed by atoms with Gasteiger partial charge in [-0.25, -0.2) is 0 Å². The van der Waals surface area contributed by atoms with Crippen LogP contribution in [0.15, 0.2) is 24.4 Å². The maximum absolute atomic E-state index is 12.4. The Bertz CT molecular complexity index is 587. The Morgan fingerprint density at radius 1 is 1.22 bits per heavy atom. The topological polar surface area (TPSA) is 34.9 Å². The van der Waals surface area contributed by atoms with Gasteiger partial charge in [0.1, 0.15) is 5.69 Å². The van der Waals surface area contributed by atoms with Crippen LogP contribution in [0.3, 0.4) is 0 Å². The molecule has 0 aliphatic carbocycles. The summed E-state index contributed by atoms with van der Waals surface area (Å²) in [7, 11) is 0. The SMILES string of the molecule is CCn1ncc(Cl)c1C(=O)c1c(Cl)cccc1Cl. The van der Waals surface area contributed by atoms with Crippen LogP contribution in [-0.2, 0) is 6.54 Å². The van der Waals surface area contributed by atoms with E-state index in [2.05, 4.69) is 5.10 Å². The second-order valence-electron chi connectivity index (χ2n) is 3.58. The van der Waals surface area contributed by atoms with Crippen molar-refractivity contribution in [2.24, 2.45) is 0 Å². The van der Waals surface area contributed by atoms with E-state index in [0.29, 0.717) is 22.3 Å². The molecule has 0 bridgehead atoms. The molecule has 0 aliphatic heterocycles. The summed E-state index contributed by atoms with van der Waals surface area (Å²) in [6.07, 6.45) is 1.43. The van der Waals surface area contributed by atoms with Crippen molar-refractivity contribution in [3.05, 3.63) is 50.7 Å². The molecule has 0 aliphatic rings. The van der Waals surface area contributed by atoms with Crippen molar-refractivity contribution in [2.45, 2.75) is 13.5 Å². The number of benzene rings is 1. The molecular weight excluding hydrogens is 295 g/mol. The van der Waals surface area contributed by atoms with Crippen LogP contribution < -0.4 is 0 Å². The molecule has 0 unspecified atom stereocenters. The summed E-state index contributed by atoms with van der Waals surface area (Å²) >= 11 is 18.0. The minimum absolute atomic E-state index is 0.248. The molecule has 94 valence electrons. The average molecular weight is 304 g/mol. The van der Waals surface area contributed by atoms with E-state index >= 15 is 0 Å². The summed E-state index contributed by atoms with van der Waals surface area (Å²) in [5.74, 6) is -0.324. The highest BCUT2D eigenvalue weighted by atomic mass is 35.5. The van der Waals surface area contributed by atoms with Crippen molar-refractivity contribution in [1.82, 2.24) is 9.78 Å². The molecule has 3 nitrogen and oxygen atoms in total. The lowest BCUT2D eigenvalue weighted by Gasteiger charge is -2.08. The van der Waals surface area contributed by atoms with E-state index in [1.165, 1.54) is 10.9 Å². The molecule has 0 atom stereocenters. The zero-order chi connectivity index (χ0) is 13.3. The highest BCUT2D eigenvalue weighted by molar-refractivity contribution is 6.42. The lowest BCUT2D eigenvalue weighted by Crippen LogP contribution is -2.12. The first-order valence-electron chi connectivity index (χ1n) is 5.26. The van der Waals surface area contributed by atoms with Crippen LogP contribution in [0.1, 0.15) is 23.0 Å². The number of rotatable bonds is 3. The van der Waals surface area contributed by atoms with Crippen LogP contribution in [0.5, 0.6) is 0 Å². The molecule has 2 aromatic rings. The molecule has 2 rings (SSSR count). The number of aryl methyl sites for hydroxylation is 1. The number of ketones is 1. The Morgan fingerprint density at radius 3 is 2.39 bits per heavy atom. The third-order valence-corrected chi connectivity index (χ3v) is 3.41. The Balaban J connectivity index is 2.58. The number of hydrogen-bond acceptors (Lipinski definition) is 2. The van der Waals surface area contributed by atoms with Gasteiger partial charge >= 0.3 is 0 Å². The van der Waals surface area contributed by atoms with Gasteiger partial charge in [-0.1, -0.05) is 40.9 Å². The summed E-state index contributed by atoms with van der Waals surface area (Å²) in [6, 6.07) is 4.91. The maximum atomic E-state index is 12.4. The number of aromatic nitrogens is 2. The Hall–Kier alpha value is -1.03. The molecule has 18 heavy (non-hydrogen) atoms. The van der Waals surface area contributed by atoms with Crippen molar-refractivity contribution < 1.29 is 4.79 Å². The van der Waals surface area contributed by atoms with Gasteiger partial charge in [0, 0.05) is 6.54 Å². The third-order valence-electron chi connectivity index (χ3n) is 2.50. The number of carbonyl (C=O) groups is 1. The Labute approximate surface area is 119 Å². The first kappa shape index (κ1) is 13.4. The molecule has 1 heterocycles. The van der Waals surface area contributed by atoms with Crippen LogP contribution in [0.2, 0.25) is 15.1 Å². The first-order valence-corrected chi connectivity index (χ1v) is 6.39. The number of carbonyl (C=O) groups excluding carboxylic acids is 1. The van der Waals surface area contributed by atoms with Gasteiger partial charge in [-0.05, 0) is 19.1 Å². The molecule has 0 saturated heterocycles. The normalized spacial score (nSPS) is 10.7. The van der Waals surface area contributed by atoms with E-state index in [4.69, 9.17) is 34.8 Å². The summed E-state index contributed by atoms with van der Waals surface area (Å²) in [5.41, 5.74) is 0.548. The lowest BCUT2D eigenvalue weighted by atomic mass is 10.1. The van der Waals surface area contributed by atoms with Gasteiger partial charge in [0.15, 0.2) is 0 Å². The zero-order valence-corrected chi connectivity index (χ0v) is 11.7. The highest BCUT2D eigenvalue weighted by Crippen LogP contribution is 2.29. The minimum atomic E-state index is -0.324. The zero-order valence-electron chi connectivity index (χ0n) is 9.45. The standard InChI is InChI=1S/C12H9Cl3N2O/c1-2-17-11(9(15)6-16-17)12(18)10-7(13)4-3-5-8(10)14/h3-6H,2H2,1H3. The number of nitrogens with zero attached hydrogens (tertiary/aromatic N) is 2. The molecule has 0 amide bonds. The maximum Gasteiger partial charge on any atom is 0.215 e. The van der Waals surface area contributed by atoms with Gasteiger partial charge in [-0.3, -0.25) is 9.48 Å². The van der Waals surface area contributed by atoms with Crippen molar-refractivity contribution >= 4 is 40.6 Å². The number of halogens is 3. The molecule has 0 spiro atoms. The van der Waals surface area contributed by atoms with E-state index in [1.54, 1.807) is 18.2 Å². The van der Waals surface area contributed by atoms with Crippen LogP contribution in [0.4, 0.5) is 0 Å². The fourth-order valence-corrected chi connectivity index (χ4v) is 2.46. The fourth-order valence-electron chi connectivity index (χ4n) is 1.66. The van der Waals surface area contributed by atoms with Gasteiger partial charge in [0.05, 0.1) is 26.8 Å². The van der Waals surface area contributed by atoms with Crippen LogP contribution in [0.25, 0.3) is 0 Å². The van der Waals surface area contributed by atoms with Crippen molar-refractivity contribution in [2.75, 3.05) is 0 Å². The van der Waals surface area contributed by atoms with E-state index in [1.807, 2.05) is 6.92 Å². The van der Waals surface area contributed by atoms with Gasteiger partial charge < -0.3 is 0 Å². The van der Waals surface area contributed by atoms with Gasteiger partial charge in [-0.15, -0.1) is 0 Å². The smallest absolute Gasteiger partial charge is 0.215 e. The summed E-state index contributed by atoms with van der Waals surface area (Å²) in [4.78, 5) is 12.4. The number of hydrogen-bond donors (Lipinski definition) is 0. The highest BCUT2D eigenvalue weighted by Gasteiger charge is 2.22. The Kier molecular flexibility index (Phi) is 3.95. The van der Waals surface area contributed by atoms with Crippen LogP contribution in [-0.4, -0.2) is 15.6 Å².